The van der Waals surface area contributed by atoms with Gasteiger partial charge in [-0.2, -0.15) is 15.1 Å². The molecule has 10 nitrogen and oxygen atoms in total. The number of anilines is 2. The Morgan fingerprint density at radius 2 is 2.00 bits per heavy atom. The fourth-order valence-corrected chi connectivity index (χ4v) is 3.61. The van der Waals surface area contributed by atoms with Crippen LogP contribution < -0.4 is 15.1 Å². The predicted octanol–water partition coefficient (Wildman–Crippen LogP) is 2.81. The first-order valence-electron chi connectivity index (χ1n) is 10.7. The van der Waals surface area contributed by atoms with E-state index in [4.69, 9.17) is 19.4 Å². The monoisotopic (exact) mass is 444 g/mol. The largest absolute Gasteiger partial charge is 0.481 e. The Morgan fingerprint density at radius 1 is 1.12 bits per heavy atom. The zero-order valence-electron chi connectivity index (χ0n) is 18.5. The molecule has 0 spiro atoms. The maximum atomic E-state index is 5.49. The highest BCUT2D eigenvalue weighted by Crippen LogP contribution is 2.25. The van der Waals surface area contributed by atoms with Gasteiger partial charge in [0.1, 0.15) is 6.33 Å². The predicted molar refractivity (Wildman–Crippen MR) is 126 cm³/mol. The molecular weight excluding hydrogens is 420 g/mol. The molecule has 0 atom stereocenters. The van der Waals surface area contributed by atoms with Gasteiger partial charge in [-0.1, -0.05) is 29.8 Å². The zero-order valence-corrected chi connectivity index (χ0v) is 18.5. The number of rotatable bonds is 6. The Bertz CT molecular complexity index is 1280. The van der Waals surface area contributed by atoms with Crippen molar-refractivity contribution in [2.75, 3.05) is 43.7 Å². The van der Waals surface area contributed by atoms with Crippen molar-refractivity contribution < 1.29 is 9.47 Å². The first-order valence-corrected chi connectivity index (χ1v) is 10.7. The van der Waals surface area contributed by atoms with E-state index in [2.05, 4.69) is 31.5 Å². The van der Waals surface area contributed by atoms with Crippen LogP contribution in [-0.4, -0.2) is 64.1 Å². The van der Waals surface area contributed by atoms with Crippen molar-refractivity contribution in [3.63, 3.8) is 0 Å². The minimum atomic E-state index is 0.533. The molecule has 0 amide bonds. The number of morpholine rings is 1. The van der Waals surface area contributed by atoms with Crippen LogP contribution in [0.1, 0.15) is 11.1 Å². The van der Waals surface area contributed by atoms with E-state index in [1.807, 2.05) is 35.8 Å². The van der Waals surface area contributed by atoms with Crippen molar-refractivity contribution in [1.82, 2.24) is 24.5 Å². The summed E-state index contributed by atoms with van der Waals surface area (Å²) in [6, 6.07) is 11.8. The van der Waals surface area contributed by atoms with Crippen LogP contribution in [-0.2, 0) is 4.74 Å². The first kappa shape index (κ1) is 20.8. The van der Waals surface area contributed by atoms with Gasteiger partial charge in [0, 0.05) is 19.2 Å². The van der Waals surface area contributed by atoms with Gasteiger partial charge in [-0.05, 0) is 18.6 Å². The lowest BCUT2D eigenvalue weighted by Crippen LogP contribution is -2.37. The second-order valence-electron chi connectivity index (χ2n) is 7.60. The van der Waals surface area contributed by atoms with E-state index < -0.39 is 0 Å². The number of pyridine rings is 1. The highest BCUT2D eigenvalue weighted by atomic mass is 16.5. The van der Waals surface area contributed by atoms with Gasteiger partial charge in [0.05, 0.1) is 38.4 Å². The average molecular weight is 444 g/mol. The SMILES string of the molecule is COc1ccc(-n2cnc3c(NN=Cc4cccc(C)c4)nc(N4CCOCC4)nc32)cn1. The zero-order chi connectivity index (χ0) is 22.6. The molecule has 1 fully saturated rings. The summed E-state index contributed by atoms with van der Waals surface area (Å²) in [5.74, 6) is 1.67. The molecule has 5 rings (SSSR count). The maximum absolute atomic E-state index is 5.49. The molecule has 4 aromatic rings. The summed E-state index contributed by atoms with van der Waals surface area (Å²) in [6.45, 7) is 4.76. The number of hydrogen-bond donors (Lipinski definition) is 1. The number of hydrogen-bond acceptors (Lipinski definition) is 9. The van der Waals surface area contributed by atoms with Gasteiger partial charge < -0.3 is 14.4 Å². The maximum Gasteiger partial charge on any atom is 0.229 e. The Kier molecular flexibility index (Phi) is 5.81. The van der Waals surface area contributed by atoms with Crippen molar-refractivity contribution >= 4 is 29.1 Å². The lowest BCUT2D eigenvalue weighted by atomic mass is 10.2. The van der Waals surface area contributed by atoms with Gasteiger partial charge in [0.15, 0.2) is 17.0 Å². The van der Waals surface area contributed by atoms with E-state index in [1.54, 1.807) is 31.9 Å². The topological polar surface area (TPSA) is 103 Å². The molecule has 4 heterocycles. The van der Waals surface area contributed by atoms with Crippen LogP contribution in [0.3, 0.4) is 0 Å². The third-order valence-electron chi connectivity index (χ3n) is 5.31. The van der Waals surface area contributed by atoms with Crippen LogP contribution in [0.25, 0.3) is 16.9 Å². The molecule has 0 saturated carbocycles. The number of aromatic nitrogens is 5. The normalized spacial score (nSPS) is 14.2. The minimum absolute atomic E-state index is 0.533. The summed E-state index contributed by atoms with van der Waals surface area (Å²) in [5.41, 5.74) is 7.33. The number of nitrogens with one attached hydrogen (secondary N) is 1. The average Bonchev–Trinajstić information content (AvgIpc) is 3.29. The van der Waals surface area contributed by atoms with E-state index in [-0.39, 0.29) is 0 Å². The molecule has 1 aliphatic rings. The molecule has 1 N–H and O–H groups in total. The number of methoxy groups -OCH3 is 1. The van der Waals surface area contributed by atoms with Crippen LogP contribution in [0.2, 0.25) is 0 Å². The second kappa shape index (κ2) is 9.21. The number of fused-ring (bicyclic) bond motifs is 1. The van der Waals surface area contributed by atoms with E-state index in [0.29, 0.717) is 42.0 Å². The fourth-order valence-electron chi connectivity index (χ4n) is 3.61. The Morgan fingerprint density at radius 3 is 2.76 bits per heavy atom. The number of hydrazone groups is 1. The smallest absolute Gasteiger partial charge is 0.229 e. The number of benzene rings is 1. The standard InChI is InChI=1S/C23H24N8O2/c1-16-4-3-5-17(12-16)13-26-29-21-20-22(28-23(27-21)30-8-10-33-11-9-30)31(15-25-20)18-6-7-19(32-2)24-14-18/h3-7,12-15H,8-11H2,1-2H3,(H,27,28,29). The quantitative estimate of drug-likeness (QED) is 0.358. The summed E-state index contributed by atoms with van der Waals surface area (Å²) in [5, 5.41) is 4.41. The molecule has 0 radical (unpaired) electrons. The third kappa shape index (κ3) is 4.46. The van der Waals surface area contributed by atoms with Crippen molar-refractivity contribution in [3.05, 3.63) is 60.0 Å². The van der Waals surface area contributed by atoms with Gasteiger partial charge in [-0.25, -0.2) is 9.97 Å². The van der Waals surface area contributed by atoms with E-state index in [1.165, 1.54) is 5.56 Å². The molecule has 1 aliphatic heterocycles. The number of imidazole rings is 1. The van der Waals surface area contributed by atoms with E-state index in [0.717, 1.165) is 24.3 Å². The molecule has 0 aliphatic carbocycles. The van der Waals surface area contributed by atoms with Crippen LogP contribution >= 0.6 is 0 Å². The highest BCUT2D eigenvalue weighted by molar-refractivity contribution is 5.87. The van der Waals surface area contributed by atoms with E-state index >= 15 is 0 Å². The molecular formula is C23H24N8O2. The fraction of sp³-hybridized carbons (Fsp3) is 0.261. The summed E-state index contributed by atoms with van der Waals surface area (Å²) in [7, 11) is 1.59. The Balaban J connectivity index is 1.54. The van der Waals surface area contributed by atoms with Gasteiger partial charge in [0.2, 0.25) is 11.8 Å². The number of aryl methyl sites for hydroxylation is 1. The lowest BCUT2D eigenvalue weighted by molar-refractivity contribution is 0.122. The van der Waals surface area contributed by atoms with Crippen molar-refractivity contribution in [3.8, 4) is 11.6 Å². The molecule has 3 aromatic heterocycles. The second-order valence-corrected chi connectivity index (χ2v) is 7.60. The Hall–Kier alpha value is -4.05. The molecule has 168 valence electrons. The first-order chi connectivity index (χ1) is 16.2. The third-order valence-corrected chi connectivity index (χ3v) is 5.31. The van der Waals surface area contributed by atoms with E-state index in [9.17, 15) is 0 Å². The molecule has 10 heteroatoms. The van der Waals surface area contributed by atoms with Crippen molar-refractivity contribution in [1.29, 1.82) is 0 Å². The number of ether oxygens (including phenoxy) is 2. The van der Waals surface area contributed by atoms with Crippen molar-refractivity contribution in [2.45, 2.75) is 6.92 Å². The van der Waals surface area contributed by atoms with Gasteiger partial charge in [-0.3, -0.25) is 9.99 Å². The Labute approximate surface area is 190 Å². The summed E-state index contributed by atoms with van der Waals surface area (Å²) >= 11 is 0. The summed E-state index contributed by atoms with van der Waals surface area (Å²) in [4.78, 5) is 20.5. The van der Waals surface area contributed by atoms with Crippen molar-refractivity contribution in [2.24, 2.45) is 5.10 Å². The van der Waals surface area contributed by atoms with Crippen LogP contribution in [0, 0.1) is 6.92 Å². The molecule has 0 bridgehead atoms. The highest BCUT2D eigenvalue weighted by Gasteiger charge is 2.20. The van der Waals surface area contributed by atoms with Crippen LogP contribution in [0.15, 0.2) is 54.0 Å². The minimum Gasteiger partial charge on any atom is -0.481 e. The summed E-state index contributed by atoms with van der Waals surface area (Å²) in [6.07, 6.45) is 5.20. The van der Waals surface area contributed by atoms with Crippen LogP contribution in [0.4, 0.5) is 11.8 Å². The molecule has 0 unspecified atom stereocenters. The summed E-state index contributed by atoms with van der Waals surface area (Å²) < 4.78 is 12.5. The van der Waals surface area contributed by atoms with Gasteiger partial charge >= 0.3 is 0 Å². The lowest BCUT2D eigenvalue weighted by Gasteiger charge is -2.27. The van der Waals surface area contributed by atoms with Crippen LogP contribution in [0.5, 0.6) is 5.88 Å². The van der Waals surface area contributed by atoms with Gasteiger partial charge in [-0.15, -0.1) is 0 Å². The number of nitrogens with zero attached hydrogens (tertiary/aromatic N) is 7. The molecule has 1 aromatic carbocycles. The molecule has 1 saturated heterocycles. The van der Waals surface area contributed by atoms with Gasteiger partial charge in [0.25, 0.3) is 0 Å². The molecule has 33 heavy (non-hydrogen) atoms.